The monoisotopic (exact) mass is 257 g/mol. The third kappa shape index (κ3) is 2.41. The molecule has 1 saturated heterocycles. The van der Waals surface area contributed by atoms with Crippen LogP contribution in [0.4, 0.5) is 5.69 Å². The van der Waals surface area contributed by atoms with Gasteiger partial charge in [0.2, 0.25) is 0 Å². The van der Waals surface area contributed by atoms with E-state index >= 15 is 0 Å². The standard InChI is InChI=1S/C17H23NO/c1-13(19)15-9-3-5-11-17(15)18-12-6-8-14-7-2-4-10-16(14)18/h3,5,9,11,14,16H,2,4,6-8,10,12H2,1H3/t14-,16-/m1/s1. The summed E-state index contributed by atoms with van der Waals surface area (Å²) >= 11 is 0. The lowest BCUT2D eigenvalue weighted by Gasteiger charge is -2.46. The van der Waals surface area contributed by atoms with Crippen LogP contribution < -0.4 is 4.90 Å². The molecule has 0 radical (unpaired) electrons. The molecular formula is C17H23NO. The van der Waals surface area contributed by atoms with Gasteiger partial charge in [-0.05, 0) is 50.7 Å². The van der Waals surface area contributed by atoms with Gasteiger partial charge in [-0.2, -0.15) is 0 Å². The minimum absolute atomic E-state index is 0.188. The van der Waals surface area contributed by atoms with Crippen molar-refractivity contribution in [2.75, 3.05) is 11.4 Å². The predicted octanol–water partition coefficient (Wildman–Crippen LogP) is 4.05. The van der Waals surface area contributed by atoms with Crippen molar-refractivity contribution in [3.05, 3.63) is 29.8 Å². The highest BCUT2D eigenvalue weighted by Gasteiger charge is 2.34. The van der Waals surface area contributed by atoms with Crippen molar-refractivity contribution in [2.45, 2.75) is 51.5 Å². The number of para-hydroxylation sites is 1. The average Bonchev–Trinajstić information content (AvgIpc) is 2.46. The second kappa shape index (κ2) is 5.36. The number of benzene rings is 1. The van der Waals surface area contributed by atoms with Gasteiger partial charge in [0.1, 0.15) is 0 Å². The van der Waals surface area contributed by atoms with E-state index in [0.717, 1.165) is 18.0 Å². The molecule has 1 aromatic rings. The molecule has 2 fully saturated rings. The van der Waals surface area contributed by atoms with Crippen LogP contribution in [0.25, 0.3) is 0 Å². The van der Waals surface area contributed by atoms with Crippen LogP contribution in [0.15, 0.2) is 24.3 Å². The highest BCUT2D eigenvalue weighted by Crippen LogP contribution is 2.38. The maximum atomic E-state index is 11.8. The highest BCUT2D eigenvalue weighted by molar-refractivity contribution is 5.99. The Kier molecular flexibility index (Phi) is 3.58. The molecular weight excluding hydrogens is 234 g/mol. The molecule has 1 aliphatic heterocycles. The summed E-state index contributed by atoms with van der Waals surface area (Å²) in [6, 6.07) is 8.82. The molecule has 2 nitrogen and oxygen atoms in total. The third-order valence-corrected chi connectivity index (χ3v) is 4.84. The zero-order chi connectivity index (χ0) is 13.2. The van der Waals surface area contributed by atoms with Crippen LogP contribution in [0, 0.1) is 5.92 Å². The van der Waals surface area contributed by atoms with E-state index in [1.807, 2.05) is 12.1 Å². The van der Waals surface area contributed by atoms with Crippen molar-refractivity contribution >= 4 is 11.5 Å². The zero-order valence-corrected chi connectivity index (χ0v) is 11.8. The molecule has 0 unspecified atom stereocenters. The second-order valence-electron chi connectivity index (χ2n) is 6.02. The lowest BCUT2D eigenvalue weighted by molar-refractivity contribution is 0.101. The molecule has 2 heteroatoms. The number of piperidine rings is 1. The lowest BCUT2D eigenvalue weighted by atomic mass is 9.78. The molecule has 0 bridgehead atoms. The fourth-order valence-corrected chi connectivity index (χ4v) is 3.95. The van der Waals surface area contributed by atoms with E-state index in [9.17, 15) is 4.79 Å². The number of carbonyl (C=O) groups excluding carboxylic acids is 1. The van der Waals surface area contributed by atoms with E-state index < -0.39 is 0 Å². The minimum Gasteiger partial charge on any atom is -0.368 e. The fraction of sp³-hybridized carbons (Fsp3) is 0.588. The molecule has 0 spiro atoms. The normalized spacial score (nSPS) is 26.9. The Morgan fingerprint density at radius 1 is 1.11 bits per heavy atom. The van der Waals surface area contributed by atoms with Gasteiger partial charge in [0.05, 0.1) is 0 Å². The molecule has 2 atom stereocenters. The van der Waals surface area contributed by atoms with Gasteiger partial charge in [0, 0.05) is 23.8 Å². The fourth-order valence-electron chi connectivity index (χ4n) is 3.95. The number of ketones is 1. The molecule has 1 aromatic carbocycles. The quantitative estimate of drug-likeness (QED) is 0.745. The lowest BCUT2D eigenvalue weighted by Crippen LogP contribution is -2.47. The van der Waals surface area contributed by atoms with Crippen LogP contribution in [0.2, 0.25) is 0 Å². The maximum Gasteiger partial charge on any atom is 0.161 e. The van der Waals surface area contributed by atoms with Crippen molar-refractivity contribution in [2.24, 2.45) is 5.92 Å². The Labute approximate surface area is 115 Å². The summed E-state index contributed by atoms with van der Waals surface area (Å²) in [5, 5.41) is 0. The molecule has 0 amide bonds. The number of Topliss-reactive ketones (excluding diaryl/α,β-unsaturated/α-hetero) is 1. The van der Waals surface area contributed by atoms with Crippen molar-refractivity contribution in [1.29, 1.82) is 0 Å². The number of nitrogens with zero attached hydrogens (tertiary/aromatic N) is 1. The molecule has 3 rings (SSSR count). The van der Waals surface area contributed by atoms with Gasteiger partial charge in [-0.3, -0.25) is 4.79 Å². The second-order valence-corrected chi connectivity index (χ2v) is 6.02. The van der Waals surface area contributed by atoms with Crippen LogP contribution in [0.5, 0.6) is 0 Å². The van der Waals surface area contributed by atoms with Crippen LogP contribution in [-0.2, 0) is 0 Å². The van der Waals surface area contributed by atoms with Crippen molar-refractivity contribution in [3.63, 3.8) is 0 Å². The maximum absolute atomic E-state index is 11.8. The van der Waals surface area contributed by atoms with Gasteiger partial charge in [-0.25, -0.2) is 0 Å². The number of carbonyl (C=O) groups is 1. The number of anilines is 1. The zero-order valence-electron chi connectivity index (χ0n) is 11.8. The number of hydrogen-bond acceptors (Lipinski definition) is 2. The van der Waals surface area contributed by atoms with Crippen LogP contribution in [-0.4, -0.2) is 18.4 Å². The van der Waals surface area contributed by atoms with E-state index in [0.29, 0.717) is 6.04 Å². The van der Waals surface area contributed by atoms with Crippen molar-refractivity contribution in [1.82, 2.24) is 0 Å². The first-order chi connectivity index (χ1) is 9.27. The minimum atomic E-state index is 0.188. The topological polar surface area (TPSA) is 20.3 Å². The summed E-state index contributed by atoms with van der Waals surface area (Å²) in [6.45, 7) is 2.80. The van der Waals surface area contributed by atoms with Crippen molar-refractivity contribution in [3.8, 4) is 0 Å². The van der Waals surface area contributed by atoms with E-state index in [1.54, 1.807) is 6.92 Å². The van der Waals surface area contributed by atoms with E-state index in [4.69, 9.17) is 0 Å². The Hall–Kier alpha value is -1.31. The molecule has 0 aromatic heterocycles. The van der Waals surface area contributed by atoms with E-state index in [1.165, 1.54) is 44.2 Å². The first kappa shape index (κ1) is 12.7. The van der Waals surface area contributed by atoms with Gasteiger partial charge in [0.25, 0.3) is 0 Å². The SMILES string of the molecule is CC(=O)c1ccccc1N1CCC[C@H]2CCCC[C@H]21. The first-order valence-electron chi connectivity index (χ1n) is 7.64. The smallest absolute Gasteiger partial charge is 0.161 e. The largest absolute Gasteiger partial charge is 0.368 e. The van der Waals surface area contributed by atoms with Crippen LogP contribution >= 0.6 is 0 Å². The van der Waals surface area contributed by atoms with Crippen LogP contribution in [0.1, 0.15) is 55.8 Å². The number of fused-ring (bicyclic) bond motifs is 1. The highest BCUT2D eigenvalue weighted by atomic mass is 16.1. The molecule has 102 valence electrons. The molecule has 1 aliphatic carbocycles. The summed E-state index contributed by atoms with van der Waals surface area (Å²) in [6.07, 6.45) is 8.07. The third-order valence-electron chi connectivity index (χ3n) is 4.84. The Balaban J connectivity index is 1.94. The van der Waals surface area contributed by atoms with Crippen molar-refractivity contribution < 1.29 is 4.79 Å². The van der Waals surface area contributed by atoms with E-state index in [-0.39, 0.29) is 5.78 Å². The molecule has 19 heavy (non-hydrogen) atoms. The summed E-state index contributed by atoms with van der Waals surface area (Å²) in [4.78, 5) is 14.4. The Morgan fingerprint density at radius 3 is 2.68 bits per heavy atom. The summed E-state index contributed by atoms with van der Waals surface area (Å²) in [5.41, 5.74) is 2.07. The van der Waals surface area contributed by atoms with E-state index in [2.05, 4.69) is 17.0 Å². The molecule has 1 heterocycles. The Morgan fingerprint density at radius 2 is 1.84 bits per heavy atom. The van der Waals surface area contributed by atoms with Gasteiger partial charge < -0.3 is 4.90 Å². The molecule has 1 saturated carbocycles. The van der Waals surface area contributed by atoms with Crippen LogP contribution in [0.3, 0.4) is 0 Å². The summed E-state index contributed by atoms with van der Waals surface area (Å²) in [7, 11) is 0. The molecule has 2 aliphatic rings. The summed E-state index contributed by atoms with van der Waals surface area (Å²) < 4.78 is 0. The Bertz CT molecular complexity index is 466. The number of rotatable bonds is 2. The predicted molar refractivity (Wildman–Crippen MR) is 78.8 cm³/mol. The average molecular weight is 257 g/mol. The van der Waals surface area contributed by atoms with Gasteiger partial charge in [-0.15, -0.1) is 0 Å². The first-order valence-corrected chi connectivity index (χ1v) is 7.64. The summed E-state index contributed by atoms with van der Waals surface area (Å²) in [5.74, 6) is 1.04. The van der Waals surface area contributed by atoms with Gasteiger partial charge in [-0.1, -0.05) is 25.0 Å². The van der Waals surface area contributed by atoms with Gasteiger partial charge >= 0.3 is 0 Å². The molecule has 0 N–H and O–H groups in total. The van der Waals surface area contributed by atoms with Gasteiger partial charge in [0.15, 0.2) is 5.78 Å². The number of hydrogen-bond donors (Lipinski definition) is 0.